The average Bonchev–Trinajstić information content (AvgIpc) is 3.12. The third kappa shape index (κ3) is 4.55. The number of hydrogen-bond donors (Lipinski definition) is 2. The number of amides is 1. The molecular weight excluding hydrogens is 354 g/mol. The minimum absolute atomic E-state index is 0.0515. The van der Waals surface area contributed by atoms with Gasteiger partial charge in [0.1, 0.15) is 5.75 Å². The van der Waals surface area contributed by atoms with E-state index in [-0.39, 0.29) is 23.5 Å². The number of hydrogen-bond acceptors (Lipinski definition) is 5. The van der Waals surface area contributed by atoms with Gasteiger partial charge < -0.3 is 10.1 Å². The molecule has 0 spiro atoms. The van der Waals surface area contributed by atoms with E-state index in [4.69, 9.17) is 4.74 Å². The van der Waals surface area contributed by atoms with E-state index in [1.807, 2.05) is 0 Å². The van der Waals surface area contributed by atoms with Crippen LogP contribution in [0.4, 0.5) is 5.69 Å². The molecule has 1 aromatic carbocycles. The van der Waals surface area contributed by atoms with E-state index in [1.165, 1.54) is 25.0 Å². The first-order valence-electron chi connectivity index (χ1n) is 9.15. The van der Waals surface area contributed by atoms with Crippen molar-refractivity contribution in [1.29, 1.82) is 0 Å². The number of benzene rings is 1. The van der Waals surface area contributed by atoms with Gasteiger partial charge in [-0.2, -0.15) is 0 Å². The SMILES string of the molecule is CC(C)C[C@@H](CNS(=O)(=O)c1ccc2c(c1)NC(=O)CO2)N1CCCC1. The molecule has 2 aliphatic rings. The lowest BCUT2D eigenvalue weighted by atomic mass is 10.0. The predicted molar refractivity (Wildman–Crippen MR) is 99.8 cm³/mol. The second-order valence-electron chi connectivity index (χ2n) is 7.37. The Morgan fingerprint density at radius 2 is 2.00 bits per heavy atom. The molecule has 8 heteroatoms. The third-order valence-electron chi connectivity index (χ3n) is 4.80. The molecule has 0 aromatic heterocycles. The lowest BCUT2D eigenvalue weighted by Gasteiger charge is -2.29. The summed E-state index contributed by atoms with van der Waals surface area (Å²) >= 11 is 0. The Labute approximate surface area is 155 Å². The van der Waals surface area contributed by atoms with E-state index in [0.29, 0.717) is 23.9 Å². The van der Waals surface area contributed by atoms with Crippen LogP contribution in [0.2, 0.25) is 0 Å². The Kier molecular flexibility index (Phi) is 5.84. The number of carbonyl (C=O) groups is 1. The number of rotatable bonds is 7. The molecule has 0 unspecified atom stereocenters. The topological polar surface area (TPSA) is 87.7 Å². The van der Waals surface area contributed by atoms with E-state index in [0.717, 1.165) is 19.5 Å². The molecule has 7 nitrogen and oxygen atoms in total. The Morgan fingerprint density at radius 1 is 1.27 bits per heavy atom. The minimum Gasteiger partial charge on any atom is -0.482 e. The molecule has 2 aliphatic heterocycles. The van der Waals surface area contributed by atoms with Crippen molar-refractivity contribution in [2.45, 2.75) is 44.0 Å². The van der Waals surface area contributed by atoms with Gasteiger partial charge >= 0.3 is 0 Å². The van der Waals surface area contributed by atoms with Gasteiger partial charge in [0.2, 0.25) is 10.0 Å². The van der Waals surface area contributed by atoms with Gasteiger partial charge in [0, 0.05) is 12.6 Å². The maximum absolute atomic E-state index is 12.7. The van der Waals surface area contributed by atoms with Crippen LogP contribution in [0.1, 0.15) is 33.1 Å². The highest BCUT2D eigenvalue weighted by molar-refractivity contribution is 7.89. The van der Waals surface area contributed by atoms with Crippen LogP contribution < -0.4 is 14.8 Å². The van der Waals surface area contributed by atoms with Crippen LogP contribution in [0.3, 0.4) is 0 Å². The molecule has 1 saturated heterocycles. The molecule has 1 atom stereocenters. The van der Waals surface area contributed by atoms with E-state index >= 15 is 0 Å². The van der Waals surface area contributed by atoms with E-state index in [9.17, 15) is 13.2 Å². The molecule has 0 saturated carbocycles. The standard InChI is InChI=1S/C18H27N3O4S/c1-13(2)9-14(21-7-3-4-8-21)11-19-26(23,24)15-5-6-17-16(10-15)20-18(22)12-25-17/h5-6,10,13-14,19H,3-4,7-9,11-12H2,1-2H3,(H,20,22)/t14-/m0/s1. The molecule has 2 N–H and O–H groups in total. The quantitative estimate of drug-likeness (QED) is 0.752. The van der Waals surface area contributed by atoms with Gasteiger partial charge in [-0.3, -0.25) is 9.69 Å². The number of sulfonamides is 1. The van der Waals surface area contributed by atoms with Gasteiger partial charge in [-0.15, -0.1) is 0 Å². The van der Waals surface area contributed by atoms with Crippen LogP contribution in [0, 0.1) is 5.92 Å². The van der Waals surface area contributed by atoms with Crippen molar-refractivity contribution in [1.82, 2.24) is 9.62 Å². The summed E-state index contributed by atoms with van der Waals surface area (Å²) in [5.74, 6) is 0.700. The second-order valence-corrected chi connectivity index (χ2v) is 9.14. The van der Waals surface area contributed by atoms with E-state index < -0.39 is 10.0 Å². The molecule has 26 heavy (non-hydrogen) atoms. The van der Waals surface area contributed by atoms with Crippen LogP contribution in [0.5, 0.6) is 5.75 Å². The Hall–Kier alpha value is -1.64. The molecule has 2 heterocycles. The van der Waals surface area contributed by atoms with Crippen molar-refractivity contribution in [2.24, 2.45) is 5.92 Å². The number of ether oxygens (including phenoxy) is 1. The highest BCUT2D eigenvalue weighted by atomic mass is 32.2. The molecule has 0 radical (unpaired) electrons. The van der Waals surface area contributed by atoms with Gasteiger partial charge in [-0.1, -0.05) is 13.8 Å². The van der Waals surface area contributed by atoms with Crippen molar-refractivity contribution in [2.75, 3.05) is 31.6 Å². The Bertz CT molecular complexity index is 758. The van der Waals surface area contributed by atoms with E-state index in [2.05, 4.69) is 28.8 Å². The summed E-state index contributed by atoms with van der Waals surface area (Å²) in [6.45, 7) is 6.71. The molecule has 144 valence electrons. The molecular formula is C18H27N3O4S. The normalized spacial score (nSPS) is 19.1. The summed E-state index contributed by atoms with van der Waals surface area (Å²) in [6, 6.07) is 4.73. The first kappa shape index (κ1) is 19.1. The van der Waals surface area contributed by atoms with Gasteiger partial charge in [0.15, 0.2) is 6.61 Å². The third-order valence-corrected chi connectivity index (χ3v) is 6.22. The number of fused-ring (bicyclic) bond motifs is 1. The average molecular weight is 381 g/mol. The maximum Gasteiger partial charge on any atom is 0.262 e. The number of anilines is 1. The van der Waals surface area contributed by atoms with Crippen molar-refractivity contribution in [3.63, 3.8) is 0 Å². The first-order chi connectivity index (χ1) is 12.3. The lowest BCUT2D eigenvalue weighted by molar-refractivity contribution is -0.118. The summed E-state index contributed by atoms with van der Waals surface area (Å²) < 4.78 is 33.5. The summed E-state index contributed by atoms with van der Waals surface area (Å²) in [6.07, 6.45) is 3.30. The largest absolute Gasteiger partial charge is 0.482 e. The zero-order valence-corrected chi connectivity index (χ0v) is 16.1. The number of nitrogens with zero attached hydrogens (tertiary/aromatic N) is 1. The maximum atomic E-state index is 12.7. The fraction of sp³-hybridized carbons (Fsp3) is 0.611. The van der Waals surface area contributed by atoms with Gasteiger partial charge in [-0.05, 0) is 56.5 Å². The summed E-state index contributed by atoms with van der Waals surface area (Å²) in [7, 11) is -3.66. The molecule has 3 rings (SSSR count). The van der Waals surface area contributed by atoms with E-state index in [1.54, 1.807) is 6.07 Å². The molecule has 0 bridgehead atoms. The molecule has 0 aliphatic carbocycles. The monoisotopic (exact) mass is 381 g/mol. The highest BCUT2D eigenvalue weighted by Gasteiger charge is 2.26. The minimum atomic E-state index is -3.66. The zero-order valence-electron chi connectivity index (χ0n) is 15.3. The van der Waals surface area contributed by atoms with Crippen LogP contribution in [0.15, 0.2) is 23.1 Å². The van der Waals surface area contributed by atoms with Crippen molar-refractivity contribution < 1.29 is 17.9 Å². The number of nitrogens with one attached hydrogen (secondary N) is 2. The predicted octanol–water partition coefficient (Wildman–Crippen LogP) is 1.81. The molecule has 1 amide bonds. The van der Waals surface area contributed by atoms with Gasteiger partial charge in [-0.25, -0.2) is 13.1 Å². The van der Waals surface area contributed by atoms with Crippen molar-refractivity contribution >= 4 is 21.6 Å². The van der Waals surface area contributed by atoms with Crippen LogP contribution >= 0.6 is 0 Å². The molecule has 1 fully saturated rings. The van der Waals surface area contributed by atoms with Gasteiger partial charge in [0.05, 0.1) is 10.6 Å². The number of carbonyl (C=O) groups excluding carboxylic acids is 1. The van der Waals surface area contributed by atoms with Crippen molar-refractivity contribution in [3.05, 3.63) is 18.2 Å². The second kappa shape index (κ2) is 7.94. The van der Waals surface area contributed by atoms with Gasteiger partial charge in [0.25, 0.3) is 5.91 Å². The van der Waals surface area contributed by atoms with Crippen LogP contribution in [0.25, 0.3) is 0 Å². The van der Waals surface area contributed by atoms with Crippen LogP contribution in [-0.2, 0) is 14.8 Å². The number of likely N-dealkylation sites (tertiary alicyclic amines) is 1. The lowest BCUT2D eigenvalue weighted by Crippen LogP contribution is -2.43. The summed E-state index contributed by atoms with van der Waals surface area (Å²) in [5, 5.41) is 2.64. The summed E-state index contributed by atoms with van der Waals surface area (Å²) in [4.78, 5) is 14.0. The fourth-order valence-corrected chi connectivity index (χ4v) is 4.63. The highest BCUT2D eigenvalue weighted by Crippen LogP contribution is 2.30. The molecule has 1 aromatic rings. The Balaban J connectivity index is 1.71. The van der Waals surface area contributed by atoms with Crippen LogP contribution in [-0.4, -0.2) is 51.5 Å². The fourth-order valence-electron chi connectivity index (χ4n) is 3.53. The summed E-state index contributed by atoms with van der Waals surface area (Å²) in [5.41, 5.74) is 0.391. The zero-order chi connectivity index (χ0) is 18.7. The van der Waals surface area contributed by atoms with Crippen molar-refractivity contribution in [3.8, 4) is 5.75 Å². The smallest absolute Gasteiger partial charge is 0.262 e. The first-order valence-corrected chi connectivity index (χ1v) is 10.6. The Morgan fingerprint density at radius 3 is 2.69 bits per heavy atom.